The van der Waals surface area contributed by atoms with E-state index >= 15 is 0 Å². The molecule has 2 aromatic heterocycles. The summed E-state index contributed by atoms with van der Waals surface area (Å²) < 4.78 is 0. The maximum atomic E-state index is 11.9. The Bertz CT molecular complexity index is 535. The van der Waals surface area contributed by atoms with Crippen molar-refractivity contribution in [2.45, 2.75) is 25.9 Å². The van der Waals surface area contributed by atoms with Crippen LogP contribution in [0, 0.1) is 0 Å². The SMILES string of the molecule is CC(C)c1ncc(C(=O)NCC(O)c2ccsc2)s1. The van der Waals surface area contributed by atoms with Crippen LogP contribution < -0.4 is 5.32 Å². The molecule has 102 valence electrons. The number of aromatic nitrogens is 1. The Balaban J connectivity index is 1.90. The normalized spacial score (nSPS) is 12.6. The van der Waals surface area contributed by atoms with Crippen LogP contribution >= 0.6 is 22.7 Å². The molecule has 2 rings (SSSR count). The summed E-state index contributed by atoms with van der Waals surface area (Å²) in [4.78, 5) is 16.7. The lowest BCUT2D eigenvalue weighted by Crippen LogP contribution is -2.27. The highest BCUT2D eigenvalue weighted by atomic mass is 32.1. The third kappa shape index (κ3) is 3.62. The predicted octanol–water partition coefficient (Wildman–Crippen LogP) is 2.79. The number of nitrogens with zero attached hydrogens (tertiary/aromatic N) is 1. The molecule has 0 fully saturated rings. The Hall–Kier alpha value is -1.24. The number of nitrogens with one attached hydrogen (secondary N) is 1. The Kier molecular flexibility index (Phi) is 4.68. The van der Waals surface area contributed by atoms with E-state index in [4.69, 9.17) is 0 Å². The Labute approximate surface area is 120 Å². The average molecular weight is 296 g/mol. The molecule has 4 nitrogen and oxygen atoms in total. The number of rotatable bonds is 5. The number of hydrogen-bond donors (Lipinski definition) is 2. The van der Waals surface area contributed by atoms with Crippen molar-refractivity contribution in [2.75, 3.05) is 6.54 Å². The molecule has 0 bridgehead atoms. The second kappa shape index (κ2) is 6.27. The standard InChI is InChI=1S/C13H16N2O2S2/c1-8(2)13-15-6-11(19-13)12(17)14-5-10(16)9-3-4-18-7-9/h3-4,6-8,10,16H,5H2,1-2H3,(H,14,17). The average Bonchev–Trinajstić information content (AvgIpc) is 3.05. The van der Waals surface area contributed by atoms with Crippen LogP contribution in [0.15, 0.2) is 23.0 Å². The van der Waals surface area contributed by atoms with Crippen molar-refractivity contribution in [2.24, 2.45) is 0 Å². The van der Waals surface area contributed by atoms with Gasteiger partial charge in [0.15, 0.2) is 0 Å². The topological polar surface area (TPSA) is 62.2 Å². The van der Waals surface area contributed by atoms with Crippen LogP contribution in [0.3, 0.4) is 0 Å². The van der Waals surface area contributed by atoms with Gasteiger partial charge >= 0.3 is 0 Å². The number of thiophene rings is 1. The van der Waals surface area contributed by atoms with Gasteiger partial charge in [-0.1, -0.05) is 13.8 Å². The van der Waals surface area contributed by atoms with Crippen LogP contribution in [-0.4, -0.2) is 22.5 Å². The molecule has 2 heterocycles. The summed E-state index contributed by atoms with van der Waals surface area (Å²) in [5.74, 6) is 0.140. The van der Waals surface area contributed by atoms with E-state index < -0.39 is 6.10 Å². The minimum absolute atomic E-state index is 0.182. The molecule has 1 unspecified atom stereocenters. The molecule has 1 amide bonds. The Morgan fingerprint density at radius 2 is 2.32 bits per heavy atom. The first kappa shape index (κ1) is 14.2. The van der Waals surface area contributed by atoms with E-state index in [-0.39, 0.29) is 12.5 Å². The maximum absolute atomic E-state index is 11.9. The summed E-state index contributed by atoms with van der Waals surface area (Å²) >= 11 is 2.92. The monoisotopic (exact) mass is 296 g/mol. The summed E-state index contributed by atoms with van der Waals surface area (Å²) in [6, 6.07) is 1.85. The van der Waals surface area contributed by atoms with Crippen molar-refractivity contribution in [1.29, 1.82) is 0 Å². The van der Waals surface area contributed by atoms with Crippen LogP contribution in [-0.2, 0) is 0 Å². The minimum atomic E-state index is -0.660. The number of thiazole rings is 1. The first-order chi connectivity index (χ1) is 9.08. The van der Waals surface area contributed by atoms with Gasteiger partial charge in [0.2, 0.25) is 0 Å². The fourth-order valence-corrected chi connectivity index (χ4v) is 3.06. The fraction of sp³-hybridized carbons (Fsp3) is 0.385. The lowest BCUT2D eigenvalue weighted by atomic mass is 10.2. The van der Waals surface area contributed by atoms with Crippen molar-refractivity contribution < 1.29 is 9.90 Å². The van der Waals surface area contributed by atoms with E-state index in [1.54, 1.807) is 6.20 Å². The highest BCUT2D eigenvalue weighted by Gasteiger charge is 2.14. The highest BCUT2D eigenvalue weighted by Crippen LogP contribution is 2.21. The van der Waals surface area contributed by atoms with E-state index in [9.17, 15) is 9.90 Å². The zero-order chi connectivity index (χ0) is 13.8. The molecule has 2 aromatic rings. The predicted molar refractivity (Wildman–Crippen MR) is 77.8 cm³/mol. The molecule has 0 aromatic carbocycles. The Morgan fingerprint density at radius 3 is 2.89 bits per heavy atom. The van der Waals surface area contributed by atoms with E-state index in [0.29, 0.717) is 10.8 Å². The molecule has 0 aliphatic heterocycles. The van der Waals surface area contributed by atoms with Crippen LogP contribution in [0.5, 0.6) is 0 Å². The summed E-state index contributed by atoms with van der Waals surface area (Å²) in [5.41, 5.74) is 0.831. The number of aliphatic hydroxyl groups is 1. The van der Waals surface area contributed by atoms with E-state index in [1.807, 2.05) is 30.7 Å². The molecule has 0 saturated carbocycles. The van der Waals surface area contributed by atoms with Crippen molar-refractivity contribution in [1.82, 2.24) is 10.3 Å². The molecular formula is C13H16N2O2S2. The van der Waals surface area contributed by atoms with Crippen molar-refractivity contribution >= 4 is 28.6 Å². The van der Waals surface area contributed by atoms with Gasteiger partial charge in [-0.15, -0.1) is 11.3 Å². The van der Waals surface area contributed by atoms with Crippen molar-refractivity contribution in [3.05, 3.63) is 38.5 Å². The summed E-state index contributed by atoms with van der Waals surface area (Å²) in [6.45, 7) is 4.30. The first-order valence-corrected chi connectivity index (χ1v) is 7.78. The van der Waals surface area contributed by atoms with Crippen LogP contribution in [0.1, 0.15) is 46.1 Å². The van der Waals surface area contributed by atoms with Gasteiger partial charge in [0.05, 0.1) is 17.3 Å². The molecule has 19 heavy (non-hydrogen) atoms. The molecular weight excluding hydrogens is 280 g/mol. The van der Waals surface area contributed by atoms with Gasteiger partial charge in [0.25, 0.3) is 5.91 Å². The van der Waals surface area contributed by atoms with Crippen LogP contribution in [0.2, 0.25) is 0 Å². The van der Waals surface area contributed by atoms with Crippen LogP contribution in [0.4, 0.5) is 0 Å². The number of hydrogen-bond acceptors (Lipinski definition) is 5. The zero-order valence-electron chi connectivity index (χ0n) is 10.8. The molecule has 1 atom stereocenters. The molecule has 0 aliphatic carbocycles. The lowest BCUT2D eigenvalue weighted by molar-refractivity contribution is 0.0920. The molecule has 0 aliphatic rings. The van der Waals surface area contributed by atoms with E-state index in [0.717, 1.165) is 10.6 Å². The lowest BCUT2D eigenvalue weighted by Gasteiger charge is -2.09. The van der Waals surface area contributed by atoms with Crippen LogP contribution in [0.25, 0.3) is 0 Å². The zero-order valence-corrected chi connectivity index (χ0v) is 12.4. The van der Waals surface area contributed by atoms with Gasteiger partial charge in [-0.05, 0) is 22.4 Å². The molecule has 0 spiro atoms. The second-order valence-corrected chi connectivity index (χ2v) is 6.34. The number of carbonyl (C=O) groups is 1. The Morgan fingerprint density at radius 1 is 1.53 bits per heavy atom. The third-order valence-electron chi connectivity index (χ3n) is 2.63. The maximum Gasteiger partial charge on any atom is 0.263 e. The van der Waals surface area contributed by atoms with Gasteiger partial charge < -0.3 is 10.4 Å². The third-order valence-corrected chi connectivity index (χ3v) is 4.62. The largest absolute Gasteiger partial charge is 0.387 e. The quantitative estimate of drug-likeness (QED) is 0.892. The van der Waals surface area contributed by atoms with E-state index in [1.165, 1.54) is 22.7 Å². The minimum Gasteiger partial charge on any atom is -0.387 e. The van der Waals surface area contributed by atoms with Crippen molar-refractivity contribution in [3.63, 3.8) is 0 Å². The van der Waals surface area contributed by atoms with Gasteiger partial charge in [0, 0.05) is 12.5 Å². The summed E-state index contributed by atoms with van der Waals surface area (Å²) in [5, 5.41) is 17.3. The van der Waals surface area contributed by atoms with Gasteiger partial charge in [-0.2, -0.15) is 11.3 Å². The van der Waals surface area contributed by atoms with Gasteiger partial charge in [0.1, 0.15) is 4.88 Å². The van der Waals surface area contributed by atoms with Gasteiger partial charge in [-0.3, -0.25) is 4.79 Å². The number of aliphatic hydroxyl groups excluding tert-OH is 1. The highest BCUT2D eigenvalue weighted by molar-refractivity contribution is 7.13. The number of carbonyl (C=O) groups excluding carboxylic acids is 1. The first-order valence-electron chi connectivity index (χ1n) is 6.02. The molecule has 0 saturated heterocycles. The molecule has 0 radical (unpaired) electrons. The van der Waals surface area contributed by atoms with Crippen molar-refractivity contribution in [3.8, 4) is 0 Å². The summed E-state index contributed by atoms with van der Waals surface area (Å²) in [6.07, 6.45) is 0.930. The number of amides is 1. The fourth-order valence-electron chi connectivity index (χ4n) is 1.52. The van der Waals surface area contributed by atoms with E-state index in [2.05, 4.69) is 10.3 Å². The smallest absolute Gasteiger partial charge is 0.263 e. The van der Waals surface area contributed by atoms with Gasteiger partial charge in [-0.25, -0.2) is 4.98 Å². The second-order valence-electron chi connectivity index (χ2n) is 4.50. The molecule has 2 N–H and O–H groups in total. The molecule has 6 heteroatoms. The summed E-state index contributed by atoms with van der Waals surface area (Å²) in [7, 11) is 0.